The van der Waals surface area contributed by atoms with Gasteiger partial charge in [-0.1, -0.05) is 18.2 Å². The van der Waals surface area contributed by atoms with Gasteiger partial charge >= 0.3 is 6.18 Å². The highest BCUT2D eigenvalue weighted by Crippen LogP contribution is 2.33. The molecule has 1 aromatic heterocycles. The van der Waals surface area contributed by atoms with Gasteiger partial charge in [0.15, 0.2) is 0 Å². The predicted molar refractivity (Wildman–Crippen MR) is 114 cm³/mol. The van der Waals surface area contributed by atoms with Gasteiger partial charge in [-0.2, -0.15) is 18.3 Å². The Morgan fingerprint density at radius 2 is 1.91 bits per heavy atom. The average Bonchev–Trinajstić information content (AvgIpc) is 3.31. The molecule has 1 amide bonds. The van der Waals surface area contributed by atoms with Gasteiger partial charge in [0.2, 0.25) is 5.91 Å². The monoisotopic (exact) mass is 443 g/mol. The Balaban J connectivity index is 1.45. The number of alkyl halides is 3. The number of rotatable bonds is 6. The van der Waals surface area contributed by atoms with Gasteiger partial charge in [0.25, 0.3) is 0 Å². The molecule has 168 valence electrons. The molecule has 4 rings (SSSR count). The highest BCUT2D eigenvalue weighted by Gasteiger charge is 2.31. The van der Waals surface area contributed by atoms with E-state index in [0.717, 1.165) is 30.5 Å². The van der Waals surface area contributed by atoms with E-state index in [2.05, 4.69) is 38.9 Å². The van der Waals surface area contributed by atoms with Crippen LogP contribution in [0.15, 0.2) is 49.1 Å². The van der Waals surface area contributed by atoms with E-state index in [4.69, 9.17) is 0 Å². The Hall–Kier alpha value is -3.20. The molecule has 0 aliphatic heterocycles. The summed E-state index contributed by atoms with van der Waals surface area (Å²) in [7, 11) is 0. The van der Waals surface area contributed by atoms with Crippen LogP contribution < -0.4 is 10.6 Å². The second-order valence-corrected chi connectivity index (χ2v) is 7.96. The number of halogens is 3. The van der Waals surface area contributed by atoms with Crippen LogP contribution in [0, 0.1) is 0 Å². The summed E-state index contributed by atoms with van der Waals surface area (Å²) in [6, 6.07) is 9.43. The van der Waals surface area contributed by atoms with Crippen molar-refractivity contribution in [2.75, 3.05) is 11.9 Å². The lowest BCUT2D eigenvalue weighted by molar-refractivity contribution is -0.137. The van der Waals surface area contributed by atoms with Gasteiger partial charge in [-0.25, -0.2) is 9.67 Å². The van der Waals surface area contributed by atoms with E-state index >= 15 is 0 Å². The second-order valence-electron chi connectivity index (χ2n) is 7.96. The van der Waals surface area contributed by atoms with Crippen molar-refractivity contribution in [3.8, 4) is 5.69 Å². The van der Waals surface area contributed by atoms with Crippen LogP contribution in [0.3, 0.4) is 0 Å². The Bertz CT molecular complexity index is 1100. The van der Waals surface area contributed by atoms with E-state index in [9.17, 15) is 18.0 Å². The zero-order valence-electron chi connectivity index (χ0n) is 17.6. The number of carbonyl (C=O) groups is 1. The average molecular weight is 443 g/mol. The van der Waals surface area contributed by atoms with Crippen molar-refractivity contribution in [1.29, 1.82) is 0 Å². The molecule has 6 nitrogen and oxygen atoms in total. The number of carbonyl (C=O) groups excluding carboxylic acids is 1. The minimum atomic E-state index is -4.53. The summed E-state index contributed by atoms with van der Waals surface area (Å²) in [5, 5.41) is 9.69. The van der Waals surface area contributed by atoms with E-state index in [1.54, 1.807) is 0 Å². The van der Waals surface area contributed by atoms with E-state index < -0.39 is 17.6 Å². The number of hydrogen-bond acceptors (Lipinski definition) is 4. The third-order valence-electron chi connectivity index (χ3n) is 5.70. The zero-order valence-corrected chi connectivity index (χ0v) is 17.6. The molecule has 0 saturated carbocycles. The summed E-state index contributed by atoms with van der Waals surface area (Å²) in [6.45, 7) is 1.91. The number of fused-ring (bicyclic) bond motifs is 1. The minimum absolute atomic E-state index is 0.0126. The third kappa shape index (κ3) is 4.99. The maximum absolute atomic E-state index is 13.2. The topological polar surface area (TPSA) is 71.8 Å². The lowest BCUT2D eigenvalue weighted by atomic mass is 9.89. The third-order valence-corrected chi connectivity index (χ3v) is 5.70. The molecule has 2 N–H and O–H groups in total. The minimum Gasteiger partial charge on any atom is -0.323 e. The van der Waals surface area contributed by atoms with Crippen LogP contribution in [0.1, 0.15) is 48.1 Å². The normalized spacial score (nSPS) is 14.6. The summed E-state index contributed by atoms with van der Waals surface area (Å²) in [6.07, 6.45) is 2.67. The number of aromatic nitrogens is 3. The number of nitrogens with zero attached hydrogens (tertiary/aromatic N) is 3. The maximum atomic E-state index is 13.2. The van der Waals surface area contributed by atoms with Crippen molar-refractivity contribution in [2.24, 2.45) is 0 Å². The predicted octanol–water partition coefficient (Wildman–Crippen LogP) is 4.45. The number of benzene rings is 2. The first-order chi connectivity index (χ1) is 15.3. The van der Waals surface area contributed by atoms with E-state index in [1.807, 2.05) is 6.92 Å². The quantitative estimate of drug-likeness (QED) is 0.590. The molecular weight excluding hydrogens is 419 g/mol. The van der Waals surface area contributed by atoms with Gasteiger partial charge in [0, 0.05) is 6.04 Å². The van der Waals surface area contributed by atoms with Crippen molar-refractivity contribution in [1.82, 2.24) is 20.1 Å². The van der Waals surface area contributed by atoms with Crippen molar-refractivity contribution < 1.29 is 18.0 Å². The first kappa shape index (κ1) is 22.0. The van der Waals surface area contributed by atoms with E-state index in [0.29, 0.717) is 5.69 Å². The van der Waals surface area contributed by atoms with Gasteiger partial charge < -0.3 is 10.6 Å². The molecule has 1 heterocycles. The Morgan fingerprint density at radius 1 is 1.12 bits per heavy atom. The number of anilines is 1. The lowest BCUT2D eigenvalue weighted by Gasteiger charge is -2.20. The van der Waals surface area contributed by atoms with Gasteiger partial charge in [0.05, 0.1) is 23.5 Å². The molecule has 1 aliphatic rings. The summed E-state index contributed by atoms with van der Waals surface area (Å²) in [5.74, 6) is -0.449. The van der Waals surface area contributed by atoms with Crippen LogP contribution in [0.2, 0.25) is 0 Å². The van der Waals surface area contributed by atoms with Crippen LogP contribution in [0.4, 0.5) is 18.9 Å². The zero-order chi connectivity index (χ0) is 22.7. The van der Waals surface area contributed by atoms with E-state index in [-0.39, 0.29) is 18.3 Å². The number of nitrogens with one attached hydrogen (secondary N) is 2. The Kier molecular flexibility index (Phi) is 6.27. The molecule has 3 aromatic rings. The molecule has 1 atom stereocenters. The molecule has 0 radical (unpaired) electrons. The summed E-state index contributed by atoms with van der Waals surface area (Å²) in [4.78, 5) is 16.4. The molecule has 0 saturated heterocycles. The first-order valence-corrected chi connectivity index (χ1v) is 10.5. The van der Waals surface area contributed by atoms with Crippen LogP contribution in [0.5, 0.6) is 0 Å². The molecule has 0 spiro atoms. The molecular formula is C23H24F3N5O. The fourth-order valence-electron chi connectivity index (χ4n) is 3.93. The standard InChI is InChI=1S/C23H24F3N5O/c1-15(17-7-6-16-4-2-3-5-18(16)10-17)28-12-22(32)30-20-11-19(23(24,25)26)8-9-21(20)31-14-27-13-29-31/h6-11,13-15,28H,2-5,12H2,1H3,(H,30,32)/t15-/m1/s1. The lowest BCUT2D eigenvalue weighted by Crippen LogP contribution is -2.30. The molecule has 0 fully saturated rings. The van der Waals surface area contributed by atoms with Crippen LogP contribution in [-0.2, 0) is 23.8 Å². The number of hydrogen-bond donors (Lipinski definition) is 2. The second kappa shape index (κ2) is 9.12. The number of amides is 1. The summed E-state index contributed by atoms with van der Waals surface area (Å²) < 4.78 is 40.8. The maximum Gasteiger partial charge on any atom is 0.416 e. The van der Waals surface area contributed by atoms with Crippen LogP contribution in [-0.4, -0.2) is 27.2 Å². The highest BCUT2D eigenvalue weighted by atomic mass is 19.4. The summed E-state index contributed by atoms with van der Waals surface area (Å²) >= 11 is 0. The SMILES string of the molecule is C[C@@H](NCC(=O)Nc1cc(C(F)(F)F)ccc1-n1cncn1)c1ccc2c(c1)CCCC2. The van der Waals surface area contributed by atoms with E-state index in [1.165, 1.54) is 47.4 Å². The molecule has 1 aliphatic carbocycles. The molecule has 32 heavy (non-hydrogen) atoms. The van der Waals surface area contributed by atoms with Crippen molar-refractivity contribution >= 4 is 11.6 Å². The number of aryl methyl sites for hydroxylation is 2. The molecule has 0 bridgehead atoms. The molecule has 2 aromatic carbocycles. The fourth-order valence-corrected chi connectivity index (χ4v) is 3.93. The van der Waals surface area contributed by atoms with Gasteiger partial charge in [-0.05, 0) is 67.5 Å². The summed E-state index contributed by atoms with van der Waals surface area (Å²) in [5.41, 5.74) is 3.28. The Morgan fingerprint density at radius 3 is 2.62 bits per heavy atom. The fraction of sp³-hybridized carbons (Fsp3) is 0.348. The van der Waals surface area contributed by atoms with Crippen molar-refractivity contribution in [3.05, 3.63) is 71.3 Å². The smallest absolute Gasteiger partial charge is 0.323 e. The molecule has 0 unspecified atom stereocenters. The molecule has 9 heteroatoms. The van der Waals surface area contributed by atoms with Crippen molar-refractivity contribution in [2.45, 2.75) is 44.8 Å². The van der Waals surface area contributed by atoms with Gasteiger partial charge in [-0.15, -0.1) is 0 Å². The van der Waals surface area contributed by atoms with Crippen LogP contribution >= 0.6 is 0 Å². The van der Waals surface area contributed by atoms with Crippen molar-refractivity contribution in [3.63, 3.8) is 0 Å². The highest BCUT2D eigenvalue weighted by molar-refractivity contribution is 5.94. The first-order valence-electron chi connectivity index (χ1n) is 10.5. The largest absolute Gasteiger partial charge is 0.416 e. The Labute approximate surface area is 183 Å². The van der Waals surface area contributed by atoms with Gasteiger partial charge in [0.1, 0.15) is 12.7 Å². The van der Waals surface area contributed by atoms with Crippen LogP contribution in [0.25, 0.3) is 5.69 Å². The van der Waals surface area contributed by atoms with Gasteiger partial charge in [-0.3, -0.25) is 4.79 Å².